The second-order valence-corrected chi connectivity index (χ2v) is 6.55. The van der Waals surface area contributed by atoms with Gasteiger partial charge in [0.05, 0.1) is 0 Å². The van der Waals surface area contributed by atoms with Gasteiger partial charge in [-0.25, -0.2) is 0 Å². The lowest BCUT2D eigenvalue weighted by Gasteiger charge is -2.25. The van der Waals surface area contributed by atoms with Gasteiger partial charge in [-0.1, -0.05) is 18.2 Å². The van der Waals surface area contributed by atoms with Crippen molar-refractivity contribution in [2.75, 3.05) is 36.5 Å². The number of rotatable bonds is 5. The van der Waals surface area contributed by atoms with Crippen molar-refractivity contribution < 1.29 is 9.00 Å². The maximum atomic E-state index is 11.9. The molecular formula is C14H21N3O2S. The van der Waals surface area contributed by atoms with Gasteiger partial charge in [0.1, 0.15) is 0 Å². The van der Waals surface area contributed by atoms with Gasteiger partial charge in [-0.15, -0.1) is 0 Å². The van der Waals surface area contributed by atoms with Crippen LogP contribution in [0.2, 0.25) is 0 Å². The Bertz CT molecular complexity index is 483. The highest BCUT2D eigenvalue weighted by Gasteiger charge is 2.16. The Morgan fingerprint density at radius 1 is 1.30 bits per heavy atom. The summed E-state index contributed by atoms with van der Waals surface area (Å²) in [5, 5.41) is 2.90. The highest BCUT2D eigenvalue weighted by Crippen LogP contribution is 2.14. The molecule has 0 aromatic heterocycles. The van der Waals surface area contributed by atoms with E-state index in [4.69, 9.17) is 5.73 Å². The summed E-state index contributed by atoms with van der Waals surface area (Å²) in [6.45, 7) is 2.76. The molecule has 1 saturated heterocycles. The Morgan fingerprint density at radius 3 is 2.70 bits per heavy atom. The molecule has 1 amide bonds. The monoisotopic (exact) mass is 295 g/mol. The van der Waals surface area contributed by atoms with Crippen molar-refractivity contribution in [3.8, 4) is 0 Å². The molecular weight excluding hydrogens is 274 g/mol. The number of nitrogens with one attached hydrogen (secondary N) is 1. The highest BCUT2D eigenvalue weighted by molar-refractivity contribution is 7.85. The Labute approximate surface area is 122 Å². The van der Waals surface area contributed by atoms with Gasteiger partial charge in [0.15, 0.2) is 0 Å². The first-order valence-electron chi connectivity index (χ1n) is 6.84. The summed E-state index contributed by atoms with van der Waals surface area (Å²) < 4.78 is 11.3. The van der Waals surface area contributed by atoms with Crippen LogP contribution in [-0.2, 0) is 22.1 Å². The zero-order chi connectivity index (χ0) is 14.4. The average Bonchev–Trinajstić information content (AvgIpc) is 2.47. The minimum Gasteiger partial charge on any atom is -0.326 e. The fourth-order valence-electron chi connectivity index (χ4n) is 2.19. The molecule has 1 aromatic rings. The van der Waals surface area contributed by atoms with E-state index in [2.05, 4.69) is 10.2 Å². The molecule has 0 spiro atoms. The van der Waals surface area contributed by atoms with Crippen molar-refractivity contribution in [3.05, 3.63) is 29.8 Å². The van der Waals surface area contributed by atoms with Crippen LogP contribution < -0.4 is 11.1 Å². The summed E-state index contributed by atoms with van der Waals surface area (Å²) >= 11 is 0. The van der Waals surface area contributed by atoms with Gasteiger partial charge >= 0.3 is 0 Å². The molecule has 5 nitrogen and oxygen atoms in total. The number of carbonyl (C=O) groups is 1. The van der Waals surface area contributed by atoms with E-state index in [0.717, 1.165) is 35.8 Å². The predicted molar refractivity (Wildman–Crippen MR) is 81.9 cm³/mol. The van der Waals surface area contributed by atoms with Crippen molar-refractivity contribution >= 4 is 22.4 Å². The van der Waals surface area contributed by atoms with Crippen LogP contribution in [0, 0.1) is 0 Å². The first-order chi connectivity index (χ1) is 9.69. The second kappa shape index (κ2) is 7.52. The molecule has 1 heterocycles. The molecule has 20 heavy (non-hydrogen) atoms. The van der Waals surface area contributed by atoms with Crippen LogP contribution in [0.25, 0.3) is 0 Å². The van der Waals surface area contributed by atoms with Crippen LogP contribution >= 0.6 is 0 Å². The largest absolute Gasteiger partial charge is 0.326 e. The number of hydrogen-bond acceptors (Lipinski definition) is 4. The molecule has 110 valence electrons. The number of carbonyl (C=O) groups excluding carboxylic acids is 1. The van der Waals surface area contributed by atoms with Gasteiger partial charge in [-0.3, -0.25) is 9.00 Å². The van der Waals surface area contributed by atoms with Gasteiger partial charge in [-0.2, -0.15) is 0 Å². The Hall–Kier alpha value is -1.24. The summed E-state index contributed by atoms with van der Waals surface area (Å²) in [5.41, 5.74) is 7.37. The van der Waals surface area contributed by atoms with Crippen LogP contribution in [-0.4, -0.2) is 46.2 Å². The third-order valence-electron chi connectivity index (χ3n) is 3.44. The molecule has 0 aliphatic carbocycles. The lowest BCUT2D eigenvalue weighted by molar-refractivity contribution is -0.116. The Balaban J connectivity index is 1.79. The molecule has 0 radical (unpaired) electrons. The number of amides is 1. The van der Waals surface area contributed by atoms with E-state index in [0.29, 0.717) is 19.5 Å². The van der Waals surface area contributed by atoms with Crippen LogP contribution in [0.1, 0.15) is 12.0 Å². The van der Waals surface area contributed by atoms with Gasteiger partial charge in [-0.05, 0) is 11.6 Å². The van der Waals surface area contributed by atoms with Gasteiger partial charge in [0.25, 0.3) is 0 Å². The second-order valence-electron chi connectivity index (χ2n) is 4.85. The molecule has 3 N–H and O–H groups in total. The number of benzene rings is 1. The summed E-state index contributed by atoms with van der Waals surface area (Å²) in [6.07, 6.45) is 0.450. The number of para-hydroxylation sites is 1. The normalized spacial score (nSPS) is 17.1. The van der Waals surface area contributed by atoms with Crippen molar-refractivity contribution in [1.82, 2.24) is 4.90 Å². The third kappa shape index (κ3) is 4.40. The predicted octanol–water partition coefficient (Wildman–Crippen LogP) is 0.538. The van der Waals surface area contributed by atoms with Gasteiger partial charge in [0.2, 0.25) is 5.91 Å². The van der Waals surface area contributed by atoms with E-state index in [1.807, 2.05) is 24.3 Å². The van der Waals surface area contributed by atoms with Crippen molar-refractivity contribution in [2.45, 2.75) is 13.0 Å². The smallest absolute Gasteiger partial charge is 0.225 e. The highest BCUT2D eigenvalue weighted by atomic mass is 32.2. The number of hydrogen-bond donors (Lipinski definition) is 2. The number of nitrogens with zero attached hydrogens (tertiary/aromatic N) is 1. The van der Waals surface area contributed by atoms with E-state index in [1.54, 1.807) is 0 Å². The Kier molecular flexibility index (Phi) is 5.70. The Morgan fingerprint density at radius 2 is 2.00 bits per heavy atom. The molecule has 1 aliphatic heterocycles. The standard InChI is InChI=1S/C14H21N3O2S/c15-11-12-3-1-2-4-13(12)16-14(18)5-6-17-7-9-20(19)10-8-17/h1-4H,5-11,15H2,(H,16,18). The lowest BCUT2D eigenvalue weighted by atomic mass is 10.1. The van der Waals surface area contributed by atoms with E-state index in [-0.39, 0.29) is 5.91 Å². The number of nitrogens with two attached hydrogens (primary N) is 1. The molecule has 1 aliphatic rings. The van der Waals surface area contributed by atoms with Crippen LogP contribution in [0.4, 0.5) is 5.69 Å². The first-order valence-corrected chi connectivity index (χ1v) is 8.33. The van der Waals surface area contributed by atoms with Crippen molar-refractivity contribution in [2.24, 2.45) is 5.73 Å². The minimum absolute atomic E-state index is 0.00223. The average molecular weight is 295 g/mol. The molecule has 1 aromatic carbocycles. The summed E-state index contributed by atoms with van der Waals surface area (Å²) in [6, 6.07) is 7.57. The summed E-state index contributed by atoms with van der Waals surface area (Å²) in [5.74, 6) is 1.44. The molecule has 1 fully saturated rings. The zero-order valence-electron chi connectivity index (χ0n) is 11.5. The van der Waals surface area contributed by atoms with E-state index in [9.17, 15) is 9.00 Å². The quantitative estimate of drug-likeness (QED) is 0.831. The van der Waals surface area contributed by atoms with Crippen LogP contribution in [0.3, 0.4) is 0 Å². The topological polar surface area (TPSA) is 75.4 Å². The molecule has 0 saturated carbocycles. The molecule has 0 bridgehead atoms. The zero-order valence-corrected chi connectivity index (χ0v) is 12.3. The third-order valence-corrected chi connectivity index (χ3v) is 4.71. The van der Waals surface area contributed by atoms with E-state index < -0.39 is 10.8 Å². The maximum absolute atomic E-state index is 11.9. The van der Waals surface area contributed by atoms with Crippen LogP contribution in [0.15, 0.2) is 24.3 Å². The number of anilines is 1. The van der Waals surface area contributed by atoms with E-state index >= 15 is 0 Å². The molecule has 0 atom stereocenters. The summed E-state index contributed by atoms with van der Waals surface area (Å²) in [7, 11) is -0.667. The van der Waals surface area contributed by atoms with Crippen LogP contribution in [0.5, 0.6) is 0 Å². The minimum atomic E-state index is -0.667. The summed E-state index contributed by atoms with van der Waals surface area (Å²) in [4.78, 5) is 14.1. The molecule has 2 rings (SSSR count). The molecule has 0 unspecified atom stereocenters. The maximum Gasteiger partial charge on any atom is 0.225 e. The first kappa shape index (κ1) is 15.2. The lowest BCUT2D eigenvalue weighted by Crippen LogP contribution is -2.39. The fourth-order valence-corrected chi connectivity index (χ4v) is 3.32. The van der Waals surface area contributed by atoms with Crippen molar-refractivity contribution in [3.63, 3.8) is 0 Å². The van der Waals surface area contributed by atoms with Crippen molar-refractivity contribution in [1.29, 1.82) is 0 Å². The SMILES string of the molecule is NCc1ccccc1NC(=O)CCN1CCS(=O)CC1. The van der Waals surface area contributed by atoms with E-state index in [1.165, 1.54) is 0 Å². The van der Waals surface area contributed by atoms with Gasteiger partial charge < -0.3 is 16.0 Å². The molecule has 6 heteroatoms. The fraction of sp³-hybridized carbons (Fsp3) is 0.500. The van der Waals surface area contributed by atoms with Gasteiger partial charge in [0, 0.05) is 60.6 Å².